The second kappa shape index (κ2) is 14.4. The molecule has 0 amide bonds. The van der Waals surface area contributed by atoms with Crippen molar-refractivity contribution in [3.05, 3.63) is 57.6 Å². The maximum atomic E-state index is 11.1. The molecule has 0 saturated carbocycles. The summed E-state index contributed by atoms with van der Waals surface area (Å²) in [6, 6.07) is 6.80. The van der Waals surface area contributed by atoms with Gasteiger partial charge in [-0.2, -0.15) is 10.2 Å². The van der Waals surface area contributed by atoms with Crippen molar-refractivity contribution in [2.45, 2.75) is 13.8 Å². The maximum absolute atomic E-state index is 11.1. The van der Waals surface area contributed by atoms with Gasteiger partial charge in [-0.05, 0) is 61.8 Å². The molecule has 1 radical (unpaired) electrons. The van der Waals surface area contributed by atoms with Gasteiger partial charge in [-0.3, -0.25) is 4.79 Å². The molecule has 2 rings (SSSR count). The standard InChI is InChI=1S/C22H24N6O3S2.Cu/c1-13-6-16(10-25-27-21(23)32-3)19(30)17(7-13)11-26-28-22(33-4)24-9-15-5-14(2)8-18(12-29)20(15)31;/h5-12,30-31H,1-4H3,(H2,23,27);. The summed E-state index contributed by atoms with van der Waals surface area (Å²) in [5.41, 5.74) is 8.77. The predicted octanol–water partition coefficient (Wildman–Crippen LogP) is 3.71. The summed E-state index contributed by atoms with van der Waals surface area (Å²) >= 11 is 2.51. The Balaban J connectivity index is 0.00000578. The van der Waals surface area contributed by atoms with Crippen LogP contribution in [0.1, 0.15) is 38.2 Å². The van der Waals surface area contributed by atoms with E-state index in [0.717, 1.165) is 11.1 Å². The van der Waals surface area contributed by atoms with Gasteiger partial charge in [0.2, 0.25) is 5.17 Å². The fraction of sp³-hybridized carbons (Fsp3) is 0.182. The first-order valence-electron chi connectivity index (χ1n) is 9.51. The first-order valence-corrected chi connectivity index (χ1v) is 12.0. The number of carbonyl (C=O) groups is 1. The third-order valence-electron chi connectivity index (χ3n) is 4.15. The van der Waals surface area contributed by atoms with Gasteiger partial charge in [-0.1, -0.05) is 23.5 Å². The first kappa shape index (κ1) is 29.1. The number of rotatable bonds is 6. The Labute approximate surface area is 216 Å². The summed E-state index contributed by atoms with van der Waals surface area (Å²) in [5, 5.41) is 37.0. The molecule has 0 bridgehead atoms. The van der Waals surface area contributed by atoms with Crippen molar-refractivity contribution < 1.29 is 32.1 Å². The van der Waals surface area contributed by atoms with E-state index >= 15 is 0 Å². The number of nitrogens with zero attached hydrogens (tertiary/aromatic N) is 5. The van der Waals surface area contributed by atoms with Crippen molar-refractivity contribution in [1.82, 2.24) is 0 Å². The number of benzene rings is 2. The molecule has 183 valence electrons. The van der Waals surface area contributed by atoms with Crippen LogP contribution in [0.3, 0.4) is 0 Å². The van der Waals surface area contributed by atoms with E-state index in [1.54, 1.807) is 36.8 Å². The van der Waals surface area contributed by atoms with Crippen LogP contribution >= 0.6 is 23.5 Å². The molecular weight excluding hydrogens is 524 g/mol. The number of aryl methyl sites for hydroxylation is 2. The molecule has 34 heavy (non-hydrogen) atoms. The smallest absolute Gasteiger partial charge is 0.208 e. The molecule has 12 heteroatoms. The van der Waals surface area contributed by atoms with Gasteiger partial charge >= 0.3 is 0 Å². The number of aldehydes is 1. The quantitative estimate of drug-likeness (QED) is 0.165. The average molecular weight is 548 g/mol. The van der Waals surface area contributed by atoms with Crippen LogP contribution in [-0.4, -0.2) is 58.0 Å². The van der Waals surface area contributed by atoms with E-state index in [9.17, 15) is 15.0 Å². The van der Waals surface area contributed by atoms with Crippen molar-refractivity contribution >= 4 is 58.8 Å². The van der Waals surface area contributed by atoms with E-state index in [2.05, 4.69) is 25.4 Å². The third-order valence-corrected chi connectivity index (χ3v) is 5.20. The van der Waals surface area contributed by atoms with Crippen LogP contribution in [-0.2, 0) is 17.1 Å². The van der Waals surface area contributed by atoms with Crippen molar-refractivity contribution in [2.75, 3.05) is 12.5 Å². The molecule has 2 aromatic carbocycles. The van der Waals surface area contributed by atoms with Gasteiger partial charge in [0.1, 0.15) is 11.5 Å². The molecule has 0 aromatic heterocycles. The molecule has 0 spiro atoms. The minimum absolute atomic E-state index is 0. The molecule has 4 N–H and O–H groups in total. The Morgan fingerprint density at radius 3 is 1.79 bits per heavy atom. The van der Waals surface area contributed by atoms with Crippen LogP contribution < -0.4 is 5.73 Å². The number of carbonyl (C=O) groups excluding carboxylic acids is 1. The van der Waals surface area contributed by atoms with Crippen LogP contribution in [0.15, 0.2) is 49.7 Å². The summed E-state index contributed by atoms with van der Waals surface area (Å²) in [6.07, 6.45) is 8.38. The van der Waals surface area contributed by atoms with Crippen molar-refractivity contribution in [1.29, 1.82) is 0 Å². The molecule has 0 fully saturated rings. The van der Waals surface area contributed by atoms with Crippen LogP contribution in [0.5, 0.6) is 11.5 Å². The minimum Gasteiger partial charge on any atom is -0.507 e. The Hall–Kier alpha value is -2.92. The average Bonchev–Trinajstić information content (AvgIpc) is 2.80. The van der Waals surface area contributed by atoms with Gasteiger partial charge in [0, 0.05) is 40.0 Å². The summed E-state index contributed by atoms with van der Waals surface area (Å²) in [5.74, 6) is -0.174. The van der Waals surface area contributed by atoms with Crippen LogP contribution in [0.2, 0.25) is 0 Å². The van der Waals surface area contributed by atoms with Crippen LogP contribution in [0, 0.1) is 13.8 Å². The molecule has 0 aliphatic rings. The second-order valence-corrected chi connectivity index (χ2v) is 8.28. The Bertz CT molecular complexity index is 1180. The van der Waals surface area contributed by atoms with E-state index in [1.165, 1.54) is 42.2 Å². The number of thioether (sulfide) groups is 2. The van der Waals surface area contributed by atoms with Gasteiger partial charge in [-0.25, -0.2) is 4.99 Å². The summed E-state index contributed by atoms with van der Waals surface area (Å²) < 4.78 is 0. The minimum atomic E-state index is -0.147. The van der Waals surface area contributed by atoms with Crippen LogP contribution in [0.25, 0.3) is 0 Å². The second-order valence-electron chi connectivity index (χ2n) is 6.68. The Kier molecular flexibility index (Phi) is 12.3. The molecule has 0 aliphatic carbocycles. The van der Waals surface area contributed by atoms with Gasteiger partial charge in [0.05, 0.1) is 18.0 Å². The third kappa shape index (κ3) is 8.45. The Morgan fingerprint density at radius 2 is 1.29 bits per heavy atom. The van der Waals surface area contributed by atoms with Gasteiger partial charge in [0.15, 0.2) is 11.5 Å². The Morgan fingerprint density at radius 1 is 0.824 bits per heavy atom. The summed E-state index contributed by atoms with van der Waals surface area (Å²) in [6.45, 7) is 3.69. The number of amidine groups is 2. The van der Waals surface area contributed by atoms with E-state index < -0.39 is 0 Å². The van der Waals surface area contributed by atoms with Gasteiger partial charge in [-0.15, -0.1) is 10.2 Å². The largest absolute Gasteiger partial charge is 0.507 e. The first-order chi connectivity index (χ1) is 15.8. The van der Waals surface area contributed by atoms with E-state index in [4.69, 9.17) is 5.73 Å². The monoisotopic (exact) mass is 547 g/mol. The normalized spacial score (nSPS) is 12.6. The SMILES string of the molecule is CSC(N)=NN=Cc1cc(C)cc(C=NN=C(N=Cc2cc(C)cc(C=O)c2O)SC)c1O.[Cu]. The number of aromatic hydroxyl groups is 2. The number of hydrogen-bond acceptors (Lipinski definition) is 9. The fourth-order valence-electron chi connectivity index (χ4n) is 2.63. The molecule has 2 aromatic rings. The molecule has 0 unspecified atom stereocenters. The molecule has 9 nitrogen and oxygen atoms in total. The number of aliphatic imine (C=N–C) groups is 1. The number of phenols is 2. The van der Waals surface area contributed by atoms with Crippen molar-refractivity contribution in [2.24, 2.45) is 31.1 Å². The summed E-state index contributed by atoms with van der Waals surface area (Å²) in [7, 11) is 0. The molecule has 0 heterocycles. The predicted molar refractivity (Wildman–Crippen MR) is 140 cm³/mol. The molecular formula is C22H24CuN6O3S2. The zero-order valence-corrected chi connectivity index (χ0v) is 21.4. The number of hydrogen-bond donors (Lipinski definition) is 3. The molecule has 0 aliphatic heterocycles. The van der Waals surface area contributed by atoms with E-state index in [0.29, 0.717) is 33.3 Å². The molecule has 0 saturated heterocycles. The summed E-state index contributed by atoms with van der Waals surface area (Å²) in [4.78, 5) is 15.3. The van der Waals surface area contributed by atoms with Crippen molar-refractivity contribution in [3.63, 3.8) is 0 Å². The topological polar surface area (TPSA) is 145 Å². The zero-order valence-electron chi connectivity index (χ0n) is 18.9. The van der Waals surface area contributed by atoms with Gasteiger partial charge in [0.25, 0.3) is 0 Å². The number of phenolic OH excluding ortho intramolecular Hbond substituents is 2. The van der Waals surface area contributed by atoms with Crippen molar-refractivity contribution in [3.8, 4) is 11.5 Å². The van der Waals surface area contributed by atoms with E-state index in [1.807, 2.05) is 13.8 Å². The molecule has 0 atom stereocenters. The van der Waals surface area contributed by atoms with E-state index in [-0.39, 0.29) is 34.1 Å². The maximum Gasteiger partial charge on any atom is 0.208 e. The zero-order chi connectivity index (χ0) is 24.4. The van der Waals surface area contributed by atoms with Gasteiger partial charge < -0.3 is 15.9 Å². The number of nitrogens with two attached hydrogens (primary N) is 1. The van der Waals surface area contributed by atoms with Crippen LogP contribution in [0.4, 0.5) is 0 Å². The fourth-order valence-corrected chi connectivity index (χ4v) is 3.05.